The van der Waals surface area contributed by atoms with Crippen LogP contribution in [0.15, 0.2) is 108 Å². The smallest absolute Gasteiger partial charge is 0.294 e. The number of fused-ring (bicyclic) bond motifs is 2. The number of halogens is 1. The first-order valence-corrected chi connectivity index (χ1v) is 15.7. The first-order chi connectivity index (χ1) is 21.6. The Labute approximate surface area is 265 Å². The molecule has 45 heavy (non-hydrogen) atoms. The predicted octanol–water partition coefficient (Wildman–Crippen LogP) is 7.15. The molecule has 1 amide bonds. The van der Waals surface area contributed by atoms with Crippen molar-refractivity contribution in [3.63, 3.8) is 0 Å². The Morgan fingerprint density at radius 2 is 1.71 bits per heavy atom. The van der Waals surface area contributed by atoms with Crippen LogP contribution in [0.25, 0.3) is 21.8 Å². The van der Waals surface area contributed by atoms with Gasteiger partial charge in [0.05, 0.1) is 15.4 Å². The van der Waals surface area contributed by atoms with E-state index >= 15 is 0 Å². The lowest BCUT2D eigenvalue weighted by atomic mass is 10.1. The number of aryl methyl sites for hydroxylation is 1. The molecule has 0 unspecified atom stereocenters. The third-order valence-corrected chi connectivity index (χ3v) is 7.92. The van der Waals surface area contributed by atoms with E-state index in [0.29, 0.717) is 29.7 Å². The lowest BCUT2D eigenvalue weighted by Crippen LogP contribution is -2.24. The zero-order chi connectivity index (χ0) is 32.0. The third-order valence-electron chi connectivity index (χ3n) is 6.76. The molecular formula is C33H30ClN5O5S. The van der Waals surface area contributed by atoms with Crippen molar-refractivity contribution in [3.05, 3.63) is 114 Å². The zero-order valence-electron chi connectivity index (χ0n) is 24.4. The van der Waals surface area contributed by atoms with E-state index < -0.39 is 10.1 Å². The summed E-state index contributed by atoms with van der Waals surface area (Å²) < 4.78 is 37.7. The molecule has 10 nitrogen and oxygen atoms in total. The lowest BCUT2D eigenvalue weighted by Gasteiger charge is -2.13. The van der Waals surface area contributed by atoms with Gasteiger partial charge in [-0.3, -0.25) is 9.35 Å². The molecule has 2 aromatic heterocycles. The molecule has 0 fully saturated rings. The van der Waals surface area contributed by atoms with Crippen LogP contribution in [0.3, 0.4) is 0 Å². The fraction of sp³-hybridized carbons (Fsp3) is 0.121. The van der Waals surface area contributed by atoms with E-state index in [1.54, 1.807) is 18.2 Å². The zero-order valence-corrected chi connectivity index (χ0v) is 26.0. The molecule has 4 aromatic carbocycles. The Hall–Kier alpha value is -4.97. The maximum atomic E-state index is 11.2. The van der Waals surface area contributed by atoms with Crippen LogP contribution < -0.4 is 15.4 Å². The van der Waals surface area contributed by atoms with Gasteiger partial charge in [0, 0.05) is 37.3 Å². The van der Waals surface area contributed by atoms with Crippen molar-refractivity contribution in [2.45, 2.75) is 25.3 Å². The number of aromatic nitrogens is 3. The number of nitrogens with zero attached hydrogens (tertiary/aromatic N) is 3. The number of hydrogen-bond acceptors (Lipinski definition) is 7. The minimum atomic E-state index is -4.02. The highest BCUT2D eigenvalue weighted by Gasteiger charge is 2.12. The highest BCUT2D eigenvalue weighted by Crippen LogP contribution is 2.36. The van der Waals surface area contributed by atoms with Crippen molar-refractivity contribution in [3.8, 4) is 11.5 Å². The average Bonchev–Trinajstić information content (AvgIpc) is 3.42. The first-order valence-electron chi connectivity index (χ1n) is 13.9. The van der Waals surface area contributed by atoms with Crippen molar-refractivity contribution in [1.82, 2.24) is 19.9 Å². The Balaban J connectivity index is 0.000000309. The van der Waals surface area contributed by atoms with Crippen molar-refractivity contribution >= 4 is 60.9 Å². The van der Waals surface area contributed by atoms with Crippen molar-refractivity contribution in [2.75, 3.05) is 11.9 Å². The van der Waals surface area contributed by atoms with Gasteiger partial charge in [-0.25, -0.2) is 9.97 Å². The molecule has 2 heterocycles. The van der Waals surface area contributed by atoms with Gasteiger partial charge >= 0.3 is 0 Å². The van der Waals surface area contributed by atoms with Crippen LogP contribution in [0.2, 0.25) is 5.02 Å². The number of amides is 1. The van der Waals surface area contributed by atoms with Crippen LogP contribution in [-0.2, 0) is 21.5 Å². The standard InChI is InChI=1S/C26H22ClN5O2.C7H8O3S/c1-17(33)28-12-14-32-13-11-22-25(32)26(30-16-29-22)31-19-9-10-24(21(27)15-19)34-23-8-4-6-18-5-2-3-7-20(18)23;1-6-2-4-7(5-3-6)11(8,9)10/h2-11,13,15-16H,12,14H2,1H3,(H,28,33)(H,29,30,31);2-5H,1H3,(H,8,9,10). The van der Waals surface area contributed by atoms with Gasteiger partial charge < -0.3 is 19.9 Å². The Bertz CT molecular complexity index is 2080. The summed E-state index contributed by atoms with van der Waals surface area (Å²) in [7, 11) is -4.02. The van der Waals surface area contributed by atoms with Crippen LogP contribution in [0.4, 0.5) is 11.5 Å². The van der Waals surface area contributed by atoms with E-state index in [9.17, 15) is 13.2 Å². The van der Waals surface area contributed by atoms with Crippen molar-refractivity contribution in [1.29, 1.82) is 0 Å². The van der Waals surface area contributed by atoms with Crippen LogP contribution in [0.1, 0.15) is 12.5 Å². The van der Waals surface area contributed by atoms with E-state index in [0.717, 1.165) is 38.8 Å². The molecule has 0 saturated carbocycles. The Kier molecular flexibility index (Phi) is 9.62. The summed E-state index contributed by atoms with van der Waals surface area (Å²) in [6.45, 7) is 4.46. The van der Waals surface area contributed by atoms with Crippen LogP contribution in [-0.4, -0.2) is 40.0 Å². The summed E-state index contributed by atoms with van der Waals surface area (Å²) in [5.74, 6) is 1.90. The molecule has 0 bridgehead atoms. The Morgan fingerprint density at radius 3 is 2.44 bits per heavy atom. The second-order valence-electron chi connectivity index (χ2n) is 10.1. The number of carbonyl (C=O) groups is 1. The van der Waals surface area contributed by atoms with E-state index in [1.807, 2.05) is 78.4 Å². The SMILES string of the molecule is CC(=O)NCCn1ccc2ncnc(Nc3ccc(Oc4cccc5ccccc45)c(Cl)c3)c21.Cc1ccc(S(=O)(=O)O)cc1. The molecule has 0 atom stereocenters. The molecule has 230 valence electrons. The molecule has 12 heteroatoms. The fourth-order valence-corrected chi connectivity index (χ4v) is 5.27. The van der Waals surface area contributed by atoms with Crippen LogP contribution in [0, 0.1) is 6.92 Å². The Morgan fingerprint density at radius 1 is 0.956 bits per heavy atom. The van der Waals surface area contributed by atoms with Crippen molar-refractivity contribution < 1.29 is 22.5 Å². The fourth-order valence-electron chi connectivity index (χ4n) is 4.57. The summed E-state index contributed by atoms with van der Waals surface area (Å²) >= 11 is 6.58. The van der Waals surface area contributed by atoms with Crippen molar-refractivity contribution in [2.24, 2.45) is 0 Å². The van der Waals surface area contributed by atoms with E-state index in [4.69, 9.17) is 20.9 Å². The number of carbonyl (C=O) groups excluding carboxylic acids is 1. The van der Waals surface area contributed by atoms with Gasteiger partial charge in [-0.2, -0.15) is 8.42 Å². The third kappa shape index (κ3) is 7.95. The predicted molar refractivity (Wildman–Crippen MR) is 176 cm³/mol. The van der Waals surface area contributed by atoms with Gasteiger partial charge in [0.2, 0.25) is 5.91 Å². The highest BCUT2D eigenvalue weighted by molar-refractivity contribution is 7.85. The summed E-state index contributed by atoms with van der Waals surface area (Å²) in [5.41, 5.74) is 3.38. The van der Waals surface area contributed by atoms with Gasteiger partial charge in [0.1, 0.15) is 23.3 Å². The minimum Gasteiger partial charge on any atom is -0.455 e. The second-order valence-corrected chi connectivity index (χ2v) is 11.9. The van der Waals surface area contributed by atoms with Crippen LogP contribution >= 0.6 is 11.6 Å². The molecule has 0 saturated heterocycles. The minimum absolute atomic E-state index is 0.0634. The normalized spacial score (nSPS) is 11.1. The van der Waals surface area contributed by atoms with Gasteiger partial charge in [0.15, 0.2) is 5.82 Å². The quantitative estimate of drug-likeness (QED) is 0.149. The molecule has 0 radical (unpaired) electrons. The van der Waals surface area contributed by atoms with E-state index in [-0.39, 0.29) is 10.8 Å². The molecule has 0 aliphatic heterocycles. The topological polar surface area (TPSA) is 135 Å². The molecule has 0 aliphatic carbocycles. The molecule has 6 aromatic rings. The second kappa shape index (κ2) is 13.8. The number of rotatable bonds is 8. The maximum Gasteiger partial charge on any atom is 0.294 e. The number of ether oxygens (including phenoxy) is 1. The van der Waals surface area contributed by atoms with Gasteiger partial charge in [-0.1, -0.05) is 65.7 Å². The van der Waals surface area contributed by atoms with E-state index in [1.165, 1.54) is 25.4 Å². The highest BCUT2D eigenvalue weighted by atomic mass is 35.5. The summed E-state index contributed by atoms with van der Waals surface area (Å²) in [6, 6.07) is 27.4. The maximum absolute atomic E-state index is 11.2. The monoisotopic (exact) mass is 643 g/mol. The molecular weight excluding hydrogens is 614 g/mol. The van der Waals surface area contributed by atoms with Gasteiger partial charge in [-0.05, 0) is 54.8 Å². The van der Waals surface area contributed by atoms with Crippen LogP contribution in [0.5, 0.6) is 11.5 Å². The molecule has 0 spiro atoms. The lowest BCUT2D eigenvalue weighted by molar-refractivity contribution is -0.118. The summed E-state index contributed by atoms with van der Waals surface area (Å²) in [6.07, 6.45) is 3.45. The largest absolute Gasteiger partial charge is 0.455 e. The molecule has 3 N–H and O–H groups in total. The average molecular weight is 644 g/mol. The number of benzene rings is 4. The summed E-state index contributed by atoms with van der Waals surface area (Å²) in [5, 5.41) is 8.74. The molecule has 0 aliphatic rings. The number of nitrogens with one attached hydrogen (secondary N) is 2. The number of hydrogen-bond donors (Lipinski definition) is 3. The summed E-state index contributed by atoms with van der Waals surface area (Å²) in [4.78, 5) is 19.9. The van der Waals surface area contributed by atoms with Gasteiger partial charge in [0.25, 0.3) is 10.1 Å². The van der Waals surface area contributed by atoms with Gasteiger partial charge in [-0.15, -0.1) is 0 Å². The van der Waals surface area contributed by atoms with E-state index in [2.05, 4.69) is 20.6 Å². The number of anilines is 2. The molecule has 6 rings (SSSR count). The first kappa shape index (κ1) is 31.5.